The van der Waals surface area contributed by atoms with E-state index >= 15 is 0 Å². The van der Waals surface area contributed by atoms with Crippen LogP contribution >= 0.6 is 0 Å². The molecular weight excluding hydrogens is 312 g/mol. The van der Waals surface area contributed by atoms with E-state index in [9.17, 15) is 14.4 Å². The molecule has 7 nitrogen and oxygen atoms in total. The van der Waals surface area contributed by atoms with Crippen molar-refractivity contribution >= 4 is 23.5 Å². The summed E-state index contributed by atoms with van der Waals surface area (Å²) in [5.74, 6) is -2.23. The van der Waals surface area contributed by atoms with Crippen molar-refractivity contribution in [1.29, 1.82) is 0 Å². The Kier molecular flexibility index (Phi) is 7.23. The molecule has 132 valence electrons. The molecule has 0 aromatic heterocycles. The molecule has 0 aliphatic heterocycles. The molecule has 0 saturated carbocycles. The van der Waals surface area contributed by atoms with E-state index in [0.717, 1.165) is 11.3 Å². The third-order valence-electron chi connectivity index (χ3n) is 3.26. The number of rotatable bonds is 7. The van der Waals surface area contributed by atoms with E-state index in [1.165, 1.54) is 0 Å². The molecule has 0 aliphatic carbocycles. The van der Waals surface area contributed by atoms with Gasteiger partial charge in [0.1, 0.15) is 0 Å². The van der Waals surface area contributed by atoms with Gasteiger partial charge >= 0.3 is 11.9 Å². The number of esters is 2. The highest BCUT2D eigenvalue weighted by Crippen LogP contribution is 2.19. The molecule has 0 unspecified atom stereocenters. The number of carbonyl (C=O) groups excluding carboxylic acids is 3. The van der Waals surface area contributed by atoms with Gasteiger partial charge in [0.25, 0.3) is 5.91 Å². The first-order chi connectivity index (χ1) is 11.3. The highest BCUT2D eigenvalue weighted by Gasteiger charge is 2.31. The summed E-state index contributed by atoms with van der Waals surface area (Å²) in [6, 6.07) is 3.64. The quantitative estimate of drug-likeness (QED) is 0.596. The van der Waals surface area contributed by atoms with Crippen LogP contribution in [0, 0.1) is 6.92 Å². The molecule has 0 aliphatic rings. The zero-order valence-corrected chi connectivity index (χ0v) is 14.7. The van der Waals surface area contributed by atoms with Crippen molar-refractivity contribution < 1.29 is 23.9 Å². The molecule has 0 heterocycles. The number of hydrogen-bond donors (Lipinski definition) is 1. The van der Waals surface area contributed by atoms with Crippen LogP contribution in [-0.2, 0) is 19.1 Å². The maximum Gasteiger partial charge on any atom is 0.340 e. The minimum atomic E-state index is -1.48. The first-order valence-electron chi connectivity index (χ1n) is 7.73. The Bertz CT molecular complexity index is 595. The van der Waals surface area contributed by atoms with Crippen LogP contribution in [0.4, 0.5) is 5.69 Å². The van der Waals surface area contributed by atoms with Crippen molar-refractivity contribution in [2.45, 2.75) is 26.8 Å². The number of anilines is 1. The summed E-state index contributed by atoms with van der Waals surface area (Å²) in [6.45, 7) is 5.30. The van der Waals surface area contributed by atoms with Crippen LogP contribution in [0.2, 0.25) is 0 Å². The van der Waals surface area contributed by atoms with E-state index in [1.807, 2.05) is 25.9 Å². The molecule has 24 heavy (non-hydrogen) atoms. The van der Waals surface area contributed by atoms with E-state index in [0.29, 0.717) is 5.56 Å². The zero-order chi connectivity index (χ0) is 18.3. The summed E-state index contributed by atoms with van der Waals surface area (Å²) < 4.78 is 9.64. The second kappa shape index (κ2) is 8.90. The van der Waals surface area contributed by atoms with Crippen LogP contribution in [0.1, 0.15) is 29.8 Å². The van der Waals surface area contributed by atoms with Gasteiger partial charge in [-0.15, -0.1) is 0 Å². The summed E-state index contributed by atoms with van der Waals surface area (Å²) in [7, 11) is 3.80. The molecule has 0 radical (unpaired) electrons. The van der Waals surface area contributed by atoms with Crippen molar-refractivity contribution in [3.05, 3.63) is 29.3 Å². The van der Waals surface area contributed by atoms with Gasteiger partial charge in [0.15, 0.2) is 0 Å². The second-order valence-corrected chi connectivity index (χ2v) is 5.31. The first kappa shape index (κ1) is 19.5. The summed E-state index contributed by atoms with van der Waals surface area (Å²) in [5, 5.41) is 2.38. The van der Waals surface area contributed by atoms with E-state index < -0.39 is 23.9 Å². The molecule has 1 aromatic carbocycles. The van der Waals surface area contributed by atoms with Crippen LogP contribution in [0.15, 0.2) is 18.2 Å². The Morgan fingerprint density at radius 2 is 1.62 bits per heavy atom. The predicted octanol–water partition coefficient (Wildman–Crippen LogP) is 1.29. The van der Waals surface area contributed by atoms with E-state index in [1.54, 1.807) is 32.0 Å². The second-order valence-electron chi connectivity index (χ2n) is 5.31. The minimum Gasteiger partial charge on any atom is -0.464 e. The fourth-order valence-electron chi connectivity index (χ4n) is 2.18. The van der Waals surface area contributed by atoms with Gasteiger partial charge in [0, 0.05) is 25.3 Å². The zero-order valence-electron chi connectivity index (χ0n) is 14.7. The normalized spacial score (nSPS) is 10.2. The molecule has 0 fully saturated rings. The van der Waals surface area contributed by atoms with Crippen molar-refractivity contribution in [1.82, 2.24) is 5.32 Å². The molecule has 0 spiro atoms. The number of ether oxygens (including phenoxy) is 2. The first-order valence-corrected chi connectivity index (χ1v) is 7.73. The molecule has 1 aromatic rings. The van der Waals surface area contributed by atoms with Crippen molar-refractivity contribution in [3.8, 4) is 0 Å². The Labute approximate surface area is 141 Å². The molecule has 7 heteroatoms. The average molecular weight is 336 g/mol. The number of benzene rings is 1. The molecule has 1 rings (SSSR count). The fraction of sp³-hybridized carbons (Fsp3) is 0.471. The lowest BCUT2D eigenvalue weighted by atomic mass is 10.1. The third-order valence-corrected chi connectivity index (χ3v) is 3.26. The van der Waals surface area contributed by atoms with Gasteiger partial charge in [-0.05, 0) is 44.5 Å². The van der Waals surface area contributed by atoms with Crippen molar-refractivity contribution in [2.24, 2.45) is 0 Å². The lowest BCUT2D eigenvalue weighted by Gasteiger charge is -2.18. The lowest BCUT2D eigenvalue weighted by Crippen LogP contribution is -2.48. The van der Waals surface area contributed by atoms with Crippen molar-refractivity contribution in [3.63, 3.8) is 0 Å². The van der Waals surface area contributed by atoms with Crippen LogP contribution in [0.25, 0.3) is 0 Å². The van der Waals surface area contributed by atoms with Crippen molar-refractivity contribution in [2.75, 3.05) is 32.2 Å². The predicted molar refractivity (Wildman–Crippen MR) is 90.0 cm³/mol. The average Bonchev–Trinajstić information content (AvgIpc) is 2.52. The number of aryl methyl sites for hydroxylation is 1. The van der Waals surface area contributed by atoms with Crippen LogP contribution in [0.3, 0.4) is 0 Å². The summed E-state index contributed by atoms with van der Waals surface area (Å²) in [5.41, 5.74) is 2.21. The van der Waals surface area contributed by atoms with Crippen LogP contribution in [-0.4, -0.2) is 51.2 Å². The minimum absolute atomic E-state index is 0.0985. The Morgan fingerprint density at radius 1 is 1.08 bits per heavy atom. The smallest absolute Gasteiger partial charge is 0.340 e. The fourth-order valence-corrected chi connectivity index (χ4v) is 2.18. The Morgan fingerprint density at radius 3 is 2.04 bits per heavy atom. The topological polar surface area (TPSA) is 84.9 Å². The van der Waals surface area contributed by atoms with Gasteiger partial charge in [-0.1, -0.05) is 0 Å². The SMILES string of the molecule is CCOC(=O)C(NC(=O)c1ccc(N(C)C)c(C)c1)C(=O)OCC. The van der Waals surface area contributed by atoms with Crippen LogP contribution < -0.4 is 10.2 Å². The lowest BCUT2D eigenvalue weighted by molar-refractivity contribution is -0.157. The maximum atomic E-state index is 12.4. The van der Waals surface area contributed by atoms with E-state index in [2.05, 4.69) is 5.32 Å². The van der Waals surface area contributed by atoms with Gasteiger partial charge in [-0.3, -0.25) is 4.79 Å². The largest absolute Gasteiger partial charge is 0.464 e. The summed E-state index contributed by atoms with van der Waals surface area (Å²) in [4.78, 5) is 38.1. The van der Waals surface area contributed by atoms with Gasteiger partial charge < -0.3 is 19.7 Å². The monoisotopic (exact) mass is 336 g/mol. The standard InChI is InChI=1S/C17H24N2O5/c1-6-23-16(21)14(17(22)24-7-2)18-15(20)12-8-9-13(19(4)5)11(3)10-12/h8-10,14H,6-7H2,1-5H3,(H,18,20). The van der Waals surface area contributed by atoms with Gasteiger partial charge in [0.2, 0.25) is 6.04 Å². The molecule has 0 atom stereocenters. The molecule has 0 bridgehead atoms. The number of carbonyl (C=O) groups is 3. The number of hydrogen-bond acceptors (Lipinski definition) is 6. The number of nitrogens with zero attached hydrogens (tertiary/aromatic N) is 1. The third kappa shape index (κ3) is 4.97. The van der Waals surface area contributed by atoms with Gasteiger partial charge in [0.05, 0.1) is 13.2 Å². The summed E-state index contributed by atoms with van der Waals surface area (Å²) >= 11 is 0. The van der Waals surface area contributed by atoms with Crippen LogP contribution in [0.5, 0.6) is 0 Å². The molecular formula is C17H24N2O5. The van der Waals surface area contributed by atoms with E-state index in [4.69, 9.17) is 9.47 Å². The highest BCUT2D eigenvalue weighted by atomic mass is 16.6. The Balaban J connectivity index is 2.97. The highest BCUT2D eigenvalue weighted by molar-refractivity contribution is 6.05. The number of amides is 1. The molecule has 1 N–H and O–H groups in total. The molecule has 1 amide bonds. The molecule has 0 saturated heterocycles. The maximum absolute atomic E-state index is 12.4. The summed E-state index contributed by atoms with van der Waals surface area (Å²) in [6.07, 6.45) is 0. The number of nitrogens with one attached hydrogen (secondary N) is 1. The van der Waals surface area contributed by atoms with Gasteiger partial charge in [-0.25, -0.2) is 9.59 Å². The van der Waals surface area contributed by atoms with Gasteiger partial charge in [-0.2, -0.15) is 0 Å². The Hall–Kier alpha value is -2.57. The van der Waals surface area contributed by atoms with E-state index in [-0.39, 0.29) is 13.2 Å².